The first kappa shape index (κ1) is 15.9. The number of thiazole rings is 1. The number of hydrogen-bond donors (Lipinski definition) is 1. The number of carbonyl (C=O) groups excluding carboxylic acids is 2. The van der Waals surface area contributed by atoms with Gasteiger partial charge in [0.05, 0.1) is 17.2 Å². The molecule has 24 heavy (non-hydrogen) atoms. The van der Waals surface area contributed by atoms with Crippen molar-refractivity contribution in [3.63, 3.8) is 0 Å². The summed E-state index contributed by atoms with van der Waals surface area (Å²) in [6.07, 6.45) is 3.53. The highest BCUT2D eigenvalue weighted by molar-refractivity contribution is 7.09. The van der Waals surface area contributed by atoms with Gasteiger partial charge < -0.3 is 15.1 Å². The first-order valence-electron chi connectivity index (χ1n) is 8.87. The minimum Gasteiger partial charge on any atom is -0.339 e. The van der Waals surface area contributed by atoms with Gasteiger partial charge in [0.15, 0.2) is 0 Å². The second-order valence-corrected chi connectivity index (χ2v) is 8.13. The molecule has 1 aromatic heterocycles. The van der Waals surface area contributed by atoms with E-state index in [0.717, 1.165) is 12.1 Å². The fourth-order valence-corrected chi connectivity index (χ4v) is 4.22. The molecule has 2 saturated carbocycles. The molecular weight excluding hydrogens is 324 g/mol. The molecule has 6 nitrogen and oxygen atoms in total. The summed E-state index contributed by atoms with van der Waals surface area (Å²) >= 11 is 1.70. The smallest absolute Gasteiger partial charge is 0.317 e. The number of aromatic nitrogens is 1. The van der Waals surface area contributed by atoms with E-state index < -0.39 is 0 Å². The van der Waals surface area contributed by atoms with Crippen LogP contribution in [0.1, 0.15) is 42.8 Å². The summed E-state index contributed by atoms with van der Waals surface area (Å²) in [7, 11) is 0. The van der Waals surface area contributed by atoms with Gasteiger partial charge in [-0.2, -0.15) is 0 Å². The molecule has 1 saturated heterocycles. The summed E-state index contributed by atoms with van der Waals surface area (Å²) in [4.78, 5) is 32.8. The SMILES string of the molecule is C[C@H]1C[C@@H]1C(=O)N1CCN(C(=O)NCc2csc(C3CC3)n2)CC1. The molecule has 3 fully saturated rings. The van der Waals surface area contributed by atoms with Gasteiger partial charge >= 0.3 is 6.03 Å². The highest BCUT2D eigenvalue weighted by Crippen LogP contribution is 2.41. The Morgan fingerprint density at radius 2 is 1.92 bits per heavy atom. The number of amides is 3. The van der Waals surface area contributed by atoms with Crippen molar-refractivity contribution in [3.8, 4) is 0 Å². The average Bonchev–Trinajstić information content (AvgIpc) is 3.52. The van der Waals surface area contributed by atoms with E-state index in [9.17, 15) is 9.59 Å². The molecule has 1 aromatic rings. The lowest BCUT2D eigenvalue weighted by Gasteiger charge is -2.34. The predicted molar refractivity (Wildman–Crippen MR) is 91.7 cm³/mol. The third-order valence-electron chi connectivity index (χ3n) is 5.22. The van der Waals surface area contributed by atoms with Crippen molar-refractivity contribution in [3.05, 3.63) is 16.1 Å². The van der Waals surface area contributed by atoms with Crippen molar-refractivity contribution < 1.29 is 9.59 Å². The molecule has 1 N–H and O–H groups in total. The average molecular weight is 348 g/mol. The maximum atomic E-state index is 12.3. The second-order valence-electron chi connectivity index (χ2n) is 7.24. The molecule has 7 heteroatoms. The summed E-state index contributed by atoms with van der Waals surface area (Å²) < 4.78 is 0. The quantitative estimate of drug-likeness (QED) is 0.905. The van der Waals surface area contributed by atoms with Crippen LogP contribution in [-0.2, 0) is 11.3 Å². The van der Waals surface area contributed by atoms with E-state index in [2.05, 4.69) is 17.2 Å². The Morgan fingerprint density at radius 3 is 2.54 bits per heavy atom. The number of carbonyl (C=O) groups is 2. The lowest BCUT2D eigenvalue weighted by molar-refractivity contribution is -0.134. The van der Waals surface area contributed by atoms with Crippen LogP contribution in [0.25, 0.3) is 0 Å². The minimum absolute atomic E-state index is 0.0529. The largest absolute Gasteiger partial charge is 0.339 e. The molecule has 0 aromatic carbocycles. The summed E-state index contributed by atoms with van der Waals surface area (Å²) in [5, 5.41) is 6.21. The highest BCUT2D eigenvalue weighted by atomic mass is 32.1. The van der Waals surface area contributed by atoms with Crippen LogP contribution in [0.15, 0.2) is 5.38 Å². The first-order valence-corrected chi connectivity index (χ1v) is 9.75. The monoisotopic (exact) mass is 348 g/mol. The van der Waals surface area contributed by atoms with E-state index in [1.165, 1.54) is 17.8 Å². The standard InChI is InChI=1S/C17H24N4O2S/c1-11-8-14(11)16(22)20-4-6-21(7-5-20)17(23)18-9-13-10-24-15(19-13)12-2-3-12/h10-12,14H,2-9H2,1H3,(H,18,23)/t11-,14-/m0/s1. The van der Waals surface area contributed by atoms with Crippen LogP contribution in [0.2, 0.25) is 0 Å². The van der Waals surface area contributed by atoms with Crippen molar-refractivity contribution >= 4 is 23.3 Å². The van der Waals surface area contributed by atoms with E-state index in [-0.39, 0.29) is 17.9 Å². The van der Waals surface area contributed by atoms with Gasteiger partial charge in [-0.3, -0.25) is 4.79 Å². The Hall–Kier alpha value is -1.63. The second kappa shape index (κ2) is 6.35. The van der Waals surface area contributed by atoms with Crippen LogP contribution in [0.3, 0.4) is 0 Å². The normalized spacial score (nSPS) is 26.4. The number of nitrogens with one attached hydrogen (secondary N) is 1. The zero-order chi connectivity index (χ0) is 16.7. The number of piperazine rings is 1. The fraction of sp³-hybridized carbons (Fsp3) is 0.706. The van der Waals surface area contributed by atoms with Crippen LogP contribution in [-0.4, -0.2) is 52.9 Å². The van der Waals surface area contributed by atoms with Gasteiger partial charge in [-0.15, -0.1) is 11.3 Å². The van der Waals surface area contributed by atoms with E-state index in [1.807, 2.05) is 10.3 Å². The predicted octanol–water partition coefficient (Wildman–Crippen LogP) is 2.03. The van der Waals surface area contributed by atoms with Crippen LogP contribution in [0.4, 0.5) is 4.79 Å². The van der Waals surface area contributed by atoms with Crippen LogP contribution < -0.4 is 5.32 Å². The molecule has 0 unspecified atom stereocenters. The van der Waals surface area contributed by atoms with Crippen LogP contribution in [0, 0.1) is 11.8 Å². The van der Waals surface area contributed by atoms with E-state index in [0.29, 0.717) is 44.6 Å². The Labute approximate surface area is 146 Å². The Balaban J connectivity index is 1.21. The third kappa shape index (κ3) is 3.41. The molecule has 2 aliphatic carbocycles. The van der Waals surface area contributed by atoms with Gasteiger partial charge in [-0.25, -0.2) is 9.78 Å². The molecule has 130 valence electrons. The Kier molecular flexibility index (Phi) is 4.20. The molecule has 0 bridgehead atoms. The maximum absolute atomic E-state index is 12.3. The van der Waals surface area contributed by atoms with Gasteiger partial charge in [-0.05, 0) is 25.2 Å². The molecule has 0 spiro atoms. The van der Waals surface area contributed by atoms with E-state index in [4.69, 9.17) is 0 Å². The summed E-state index contributed by atoms with van der Waals surface area (Å²) in [6.45, 7) is 5.14. The van der Waals surface area contributed by atoms with Gasteiger partial charge in [0, 0.05) is 43.4 Å². The van der Waals surface area contributed by atoms with Gasteiger partial charge in [0.25, 0.3) is 0 Å². The van der Waals surface area contributed by atoms with Crippen molar-refractivity contribution in [2.24, 2.45) is 11.8 Å². The van der Waals surface area contributed by atoms with E-state index in [1.54, 1.807) is 16.2 Å². The number of rotatable bonds is 4. The van der Waals surface area contributed by atoms with Crippen molar-refractivity contribution in [1.29, 1.82) is 0 Å². The zero-order valence-electron chi connectivity index (χ0n) is 14.0. The van der Waals surface area contributed by atoms with Gasteiger partial charge in [0.2, 0.25) is 5.91 Å². The summed E-state index contributed by atoms with van der Waals surface area (Å²) in [6, 6.07) is -0.0529. The molecule has 3 amide bonds. The van der Waals surface area contributed by atoms with Crippen LogP contribution >= 0.6 is 11.3 Å². The number of urea groups is 1. The lowest BCUT2D eigenvalue weighted by Crippen LogP contribution is -2.53. The summed E-state index contributed by atoms with van der Waals surface area (Å²) in [5.41, 5.74) is 0.951. The Bertz CT molecular complexity index is 634. The molecule has 0 radical (unpaired) electrons. The Morgan fingerprint density at radius 1 is 1.25 bits per heavy atom. The van der Waals surface area contributed by atoms with Gasteiger partial charge in [0.1, 0.15) is 0 Å². The molecular formula is C17H24N4O2S. The van der Waals surface area contributed by atoms with Crippen molar-refractivity contribution in [1.82, 2.24) is 20.1 Å². The lowest BCUT2D eigenvalue weighted by atomic mass is 10.2. The molecule has 1 aliphatic heterocycles. The highest BCUT2D eigenvalue weighted by Gasteiger charge is 2.42. The van der Waals surface area contributed by atoms with Crippen LogP contribution in [0.5, 0.6) is 0 Å². The first-order chi connectivity index (χ1) is 11.6. The molecule has 2 heterocycles. The topological polar surface area (TPSA) is 65.5 Å². The van der Waals surface area contributed by atoms with Crippen molar-refractivity contribution in [2.45, 2.75) is 38.6 Å². The minimum atomic E-state index is -0.0529. The molecule has 4 rings (SSSR count). The summed E-state index contributed by atoms with van der Waals surface area (Å²) in [5.74, 6) is 1.71. The zero-order valence-corrected chi connectivity index (χ0v) is 14.8. The molecule has 3 aliphatic rings. The maximum Gasteiger partial charge on any atom is 0.317 e. The van der Waals surface area contributed by atoms with E-state index >= 15 is 0 Å². The van der Waals surface area contributed by atoms with Gasteiger partial charge in [-0.1, -0.05) is 6.92 Å². The number of hydrogen-bond acceptors (Lipinski definition) is 4. The third-order valence-corrected chi connectivity index (χ3v) is 6.28. The number of nitrogens with zero attached hydrogens (tertiary/aromatic N) is 3. The van der Waals surface area contributed by atoms with Crippen molar-refractivity contribution in [2.75, 3.05) is 26.2 Å². The molecule has 2 atom stereocenters. The fourth-order valence-electron chi connectivity index (χ4n) is 3.23.